The molecule has 2 unspecified atom stereocenters. The van der Waals surface area contributed by atoms with Crippen LogP contribution in [0.25, 0.3) is 0 Å². The molecule has 0 fully saturated rings. The number of aliphatic hydroxyl groups is 1. The number of nitrogens with zero attached hydrogens (tertiary/aromatic N) is 1. The Morgan fingerprint density at radius 2 is 2.11 bits per heavy atom. The molecule has 2 rings (SSSR count). The molecule has 1 heterocycles. The van der Waals surface area contributed by atoms with Gasteiger partial charge in [-0.1, -0.05) is 49.3 Å². The van der Waals surface area contributed by atoms with Crippen molar-refractivity contribution in [3.63, 3.8) is 0 Å². The highest BCUT2D eigenvalue weighted by Crippen LogP contribution is 2.18. The monoisotopic (exact) mass is 248 g/mol. The largest absolute Gasteiger partial charge is 0.389 e. The second kappa shape index (κ2) is 5.98. The maximum Gasteiger partial charge on any atom is 0.160 e. The van der Waals surface area contributed by atoms with E-state index in [1.165, 1.54) is 0 Å². The first-order valence-electron chi connectivity index (χ1n) is 6.36. The number of oxime groups is 1. The van der Waals surface area contributed by atoms with Crippen molar-refractivity contribution in [2.24, 2.45) is 5.16 Å². The summed E-state index contributed by atoms with van der Waals surface area (Å²) in [7, 11) is 0. The molecule has 0 saturated heterocycles. The summed E-state index contributed by atoms with van der Waals surface area (Å²) in [6, 6.07) is 10.3. The lowest BCUT2D eigenvalue weighted by Crippen LogP contribution is -2.39. The van der Waals surface area contributed by atoms with Gasteiger partial charge in [0.2, 0.25) is 0 Å². The second-order valence-corrected chi connectivity index (χ2v) is 4.88. The molecule has 18 heavy (non-hydrogen) atoms. The van der Waals surface area contributed by atoms with Crippen molar-refractivity contribution in [2.45, 2.75) is 38.5 Å². The van der Waals surface area contributed by atoms with Crippen LogP contribution in [0.3, 0.4) is 0 Å². The first-order chi connectivity index (χ1) is 8.66. The van der Waals surface area contributed by atoms with Gasteiger partial charge in [0.25, 0.3) is 0 Å². The zero-order valence-electron chi connectivity index (χ0n) is 10.8. The zero-order chi connectivity index (χ0) is 13.0. The maximum atomic E-state index is 10.0. The smallest absolute Gasteiger partial charge is 0.160 e. The Labute approximate surface area is 108 Å². The summed E-state index contributed by atoms with van der Waals surface area (Å²) in [6.45, 7) is 4.63. The van der Waals surface area contributed by atoms with Crippen molar-refractivity contribution in [1.29, 1.82) is 0 Å². The lowest BCUT2D eigenvalue weighted by molar-refractivity contribution is -0.0166. The van der Waals surface area contributed by atoms with E-state index in [1.54, 1.807) is 0 Å². The summed E-state index contributed by atoms with van der Waals surface area (Å²) in [5, 5.41) is 17.3. The van der Waals surface area contributed by atoms with Crippen LogP contribution in [0.15, 0.2) is 35.5 Å². The van der Waals surface area contributed by atoms with Crippen molar-refractivity contribution in [1.82, 2.24) is 5.32 Å². The van der Waals surface area contributed by atoms with E-state index in [2.05, 4.69) is 10.5 Å². The lowest BCUT2D eigenvalue weighted by atomic mass is 10.0. The number of nitrogens with one attached hydrogen (secondary N) is 1. The average Bonchev–Trinajstić information content (AvgIpc) is 2.86. The number of aliphatic hydroxyl groups excluding tert-OH is 1. The minimum atomic E-state index is -0.530. The molecule has 98 valence electrons. The van der Waals surface area contributed by atoms with Crippen LogP contribution in [0.4, 0.5) is 0 Å². The van der Waals surface area contributed by atoms with Gasteiger partial charge in [-0.05, 0) is 5.56 Å². The fraction of sp³-hybridized carbons (Fsp3) is 0.500. The molecule has 0 bridgehead atoms. The van der Waals surface area contributed by atoms with Crippen LogP contribution in [0.2, 0.25) is 0 Å². The molecule has 0 spiro atoms. The second-order valence-electron chi connectivity index (χ2n) is 4.88. The van der Waals surface area contributed by atoms with E-state index in [9.17, 15) is 5.11 Å². The van der Waals surface area contributed by atoms with Crippen LogP contribution >= 0.6 is 0 Å². The van der Waals surface area contributed by atoms with Crippen LogP contribution in [0.5, 0.6) is 0 Å². The molecular weight excluding hydrogens is 228 g/mol. The van der Waals surface area contributed by atoms with Gasteiger partial charge in [-0.25, -0.2) is 0 Å². The molecular formula is C14H20N2O2. The van der Waals surface area contributed by atoms with E-state index in [-0.39, 0.29) is 6.10 Å². The quantitative estimate of drug-likeness (QED) is 0.831. The van der Waals surface area contributed by atoms with Crippen molar-refractivity contribution < 1.29 is 9.94 Å². The summed E-state index contributed by atoms with van der Waals surface area (Å²) in [4.78, 5) is 5.31. The third-order valence-electron chi connectivity index (χ3n) is 2.96. The van der Waals surface area contributed by atoms with Crippen LogP contribution in [-0.2, 0) is 4.84 Å². The van der Waals surface area contributed by atoms with Crippen molar-refractivity contribution in [3.8, 4) is 0 Å². The minimum Gasteiger partial charge on any atom is -0.389 e. The third-order valence-corrected chi connectivity index (χ3v) is 2.96. The molecule has 0 aliphatic carbocycles. The Kier molecular flexibility index (Phi) is 4.33. The standard InChI is InChI=1S/C14H20N2O2/c1-10(2)15-9-13(17)14-8-12(16-18-14)11-6-4-3-5-7-11/h3-7,10,13-15,17H,8-9H2,1-2H3. The summed E-state index contributed by atoms with van der Waals surface area (Å²) in [5.74, 6) is 0. The number of hydrogen-bond acceptors (Lipinski definition) is 4. The molecule has 4 nitrogen and oxygen atoms in total. The Morgan fingerprint density at radius 1 is 1.39 bits per heavy atom. The van der Waals surface area contributed by atoms with Crippen molar-refractivity contribution in [3.05, 3.63) is 35.9 Å². The van der Waals surface area contributed by atoms with E-state index >= 15 is 0 Å². The first kappa shape index (κ1) is 13.1. The third kappa shape index (κ3) is 3.31. The van der Waals surface area contributed by atoms with Crippen molar-refractivity contribution >= 4 is 5.71 Å². The molecule has 0 amide bonds. The Balaban J connectivity index is 1.87. The fourth-order valence-corrected chi connectivity index (χ4v) is 1.89. The van der Waals surface area contributed by atoms with E-state index in [0.29, 0.717) is 19.0 Å². The van der Waals surface area contributed by atoms with Gasteiger partial charge in [0.1, 0.15) is 6.10 Å². The summed E-state index contributed by atoms with van der Waals surface area (Å²) >= 11 is 0. The van der Waals surface area contributed by atoms with Gasteiger partial charge in [-0.3, -0.25) is 0 Å². The molecule has 0 saturated carbocycles. The highest BCUT2D eigenvalue weighted by molar-refractivity contribution is 6.01. The highest BCUT2D eigenvalue weighted by atomic mass is 16.7. The Bertz CT molecular complexity index is 404. The predicted molar refractivity (Wildman–Crippen MR) is 71.6 cm³/mol. The molecule has 1 aliphatic rings. The van der Waals surface area contributed by atoms with Gasteiger partial charge in [0, 0.05) is 19.0 Å². The Hall–Kier alpha value is -1.39. The average molecular weight is 248 g/mol. The predicted octanol–water partition coefficient (Wildman–Crippen LogP) is 1.54. The summed E-state index contributed by atoms with van der Waals surface area (Å²) < 4.78 is 0. The summed E-state index contributed by atoms with van der Waals surface area (Å²) in [6.07, 6.45) is -0.117. The highest BCUT2D eigenvalue weighted by Gasteiger charge is 2.28. The Morgan fingerprint density at radius 3 is 2.78 bits per heavy atom. The summed E-state index contributed by atoms with van der Waals surface area (Å²) in [5.41, 5.74) is 1.97. The van der Waals surface area contributed by atoms with Gasteiger partial charge < -0.3 is 15.3 Å². The van der Waals surface area contributed by atoms with Crippen LogP contribution in [0, 0.1) is 0 Å². The van der Waals surface area contributed by atoms with Gasteiger partial charge in [0.05, 0.1) is 5.71 Å². The number of hydrogen-bond donors (Lipinski definition) is 2. The molecule has 4 heteroatoms. The van der Waals surface area contributed by atoms with Gasteiger partial charge in [-0.2, -0.15) is 0 Å². The SMILES string of the molecule is CC(C)NCC(O)C1CC(c2ccccc2)=NO1. The van der Waals surface area contributed by atoms with E-state index in [0.717, 1.165) is 11.3 Å². The molecule has 0 aromatic heterocycles. The van der Waals surface area contributed by atoms with Gasteiger partial charge >= 0.3 is 0 Å². The van der Waals surface area contributed by atoms with Crippen molar-refractivity contribution in [2.75, 3.05) is 6.54 Å². The molecule has 2 atom stereocenters. The fourth-order valence-electron chi connectivity index (χ4n) is 1.89. The molecule has 1 aromatic rings. The van der Waals surface area contributed by atoms with Crippen LogP contribution in [-0.4, -0.2) is 35.6 Å². The first-order valence-corrected chi connectivity index (χ1v) is 6.36. The molecule has 1 aromatic carbocycles. The minimum absolute atomic E-state index is 0.244. The van der Waals surface area contributed by atoms with Gasteiger partial charge in [0.15, 0.2) is 6.10 Å². The topological polar surface area (TPSA) is 53.8 Å². The molecule has 0 radical (unpaired) electrons. The normalized spacial score (nSPS) is 20.7. The maximum absolute atomic E-state index is 10.0. The molecule has 2 N–H and O–H groups in total. The number of rotatable bonds is 5. The van der Waals surface area contributed by atoms with E-state index in [1.807, 2.05) is 44.2 Å². The van der Waals surface area contributed by atoms with Crippen LogP contribution < -0.4 is 5.32 Å². The van der Waals surface area contributed by atoms with Crippen LogP contribution in [0.1, 0.15) is 25.8 Å². The van der Waals surface area contributed by atoms with Gasteiger partial charge in [-0.15, -0.1) is 0 Å². The molecule has 1 aliphatic heterocycles. The zero-order valence-corrected chi connectivity index (χ0v) is 10.8. The lowest BCUT2D eigenvalue weighted by Gasteiger charge is -2.18. The van der Waals surface area contributed by atoms with E-state index in [4.69, 9.17) is 4.84 Å². The van der Waals surface area contributed by atoms with E-state index < -0.39 is 6.10 Å². The number of benzene rings is 1.